The van der Waals surface area contributed by atoms with Gasteiger partial charge >= 0.3 is 0 Å². The second-order valence-electron chi connectivity index (χ2n) is 5.82. The molecule has 1 amide bonds. The lowest BCUT2D eigenvalue weighted by Gasteiger charge is -2.23. The molecular weight excluding hydrogens is 273 g/mol. The summed E-state index contributed by atoms with van der Waals surface area (Å²) in [7, 11) is 0. The molecule has 1 rings (SSSR count). The van der Waals surface area contributed by atoms with Crippen LogP contribution in [0.1, 0.15) is 33.1 Å². The van der Waals surface area contributed by atoms with Gasteiger partial charge < -0.3 is 15.2 Å². The molecule has 0 spiro atoms. The lowest BCUT2D eigenvalue weighted by Crippen LogP contribution is -2.34. The van der Waals surface area contributed by atoms with Gasteiger partial charge in [0.25, 0.3) is 0 Å². The van der Waals surface area contributed by atoms with E-state index in [-0.39, 0.29) is 23.7 Å². The van der Waals surface area contributed by atoms with Crippen molar-refractivity contribution in [3.05, 3.63) is 30.1 Å². The summed E-state index contributed by atoms with van der Waals surface area (Å²) in [6.07, 6.45) is 1.64. The number of amides is 1. The minimum atomic E-state index is -0.299. The zero-order valence-electron chi connectivity index (χ0n) is 12.7. The molecule has 0 saturated carbocycles. The third kappa shape index (κ3) is 7.66. The Hall–Kier alpha value is -1.62. The molecule has 4 nitrogen and oxygen atoms in total. The lowest BCUT2D eigenvalue weighted by atomic mass is 9.90. The number of rotatable bonds is 9. The molecule has 21 heavy (non-hydrogen) atoms. The molecule has 0 aliphatic carbocycles. The highest BCUT2D eigenvalue weighted by molar-refractivity contribution is 5.75. The topological polar surface area (TPSA) is 58.6 Å². The summed E-state index contributed by atoms with van der Waals surface area (Å²) >= 11 is 0. The smallest absolute Gasteiger partial charge is 0.220 e. The minimum absolute atomic E-state index is 0.0243. The zero-order valence-corrected chi connectivity index (χ0v) is 12.7. The van der Waals surface area contributed by atoms with Gasteiger partial charge in [-0.3, -0.25) is 4.79 Å². The first-order valence-electron chi connectivity index (χ1n) is 7.19. The predicted octanol–water partition coefficient (Wildman–Crippen LogP) is 2.51. The van der Waals surface area contributed by atoms with Crippen LogP contribution in [0.5, 0.6) is 5.75 Å². The molecule has 5 heteroatoms. The van der Waals surface area contributed by atoms with Crippen LogP contribution in [0.2, 0.25) is 0 Å². The molecule has 0 heterocycles. The molecule has 2 N–H and O–H groups in total. The van der Waals surface area contributed by atoms with Crippen LogP contribution in [0, 0.1) is 11.2 Å². The van der Waals surface area contributed by atoms with E-state index < -0.39 is 0 Å². The molecule has 0 atom stereocenters. The van der Waals surface area contributed by atoms with Crippen molar-refractivity contribution >= 4 is 5.91 Å². The van der Waals surface area contributed by atoms with Crippen molar-refractivity contribution in [2.75, 3.05) is 19.8 Å². The van der Waals surface area contributed by atoms with Gasteiger partial charge in [-0.05, 0) is 42.5 Å². The number of carbonyl (C=O) groups excluding carboxylic acids is 1. The summed E-state index contributed by atoms with van der Waals surface area (Å²) in [5, 5.41) is 11.8. The van der Waals surface area contributed by atoms with Crippen molar-refractivity contribution in [2.45, 2.75) is 33.1 Å². The van der Waals surface area contributed by atoms with E-state index in [1.165, 1.54) is 12.1 Å². The Morgan fingerprint density at radius 1 is 1.33 bits per heavy atom. The van der Waals surface area contributed by atoms with Crippen LogP contribution >= 0.6 is 0 Å². The summed E-state index contributed by atoms with van der Waals surface area (Å²) in [6.45, 7) is 5.08. The molecule has 0 aromatic heterocycles. The van der Waals surface area contributed by atoms with Crippen LogP contribution in [0.3, 0.4) is 0 Å². The van der Waals surface area contributed by atoms with Crippen LogP contribution in [-0.2, 0) is 4.79 Å². The molecule has 1 aromatic carbocycles. The highest BCUT2D eigenvalue weighted by atomic mass is 19.1. The maximum Gasteiger partial charge on any atom is 0.220 e. The summed E-state index contributed by atoms with van der Waals surface area (Å²) in [5.41, 5.74) is -0.102. The summed E-state index contributed by atoms with van der Waals surface area (Å²) < 4.78 is 18.1. The highest BCUT2D eigenvalue weighted by Crippen LogP contribution is 2.18. The maximum atomic E-state index is 12.7. The number of benzene rings is 1. The average molecular weight is 297 g/mol. The molecule has 0 saturated heterocycles. The number of hydrogen-bond acceptors (Lipinski definition) is 3. The second-order valence-corrected chi connectivity index (χ2v) is 5.82. The van der Waals surface area contributed by atoms with E-state index in [2.05, 4.69) is 5.32 Å². The van der Waals surface area contributed by atoms with Gasteiger partial charge in [-0.25, -0.2) is 4.39 Å². The van der Waals surface area contributed by atoms with Crippen molar-refractivity contribution in [1.82, 2.24) is 5.32 Å². The van der Waals surface area contributed by atoms with Gasteiger partial charge in [0, 0.05) is 19.6 Å². The van der Waals surface area contributed by atoms with E-state index in [0.717, 1.165) is 0 Å². The van der Waals surface area contributed by atoms with Gasteiger partial charge in [0.15, 0.2) is 0 Å². The minimum Gasteiger partial charge on any atom is -0.494 e. The Balaban J connectivity index is 2.15. The van der Waals surface area contributed by atoms with Gasteiger partial charge in [0.2, 0.25) is 5.91 Å². The molecule has 0 fully saturated rings. The van der Waals surface area contributed by atoms with Crippen LogP contribution in [0.15, 0.2) is 24.3 Å². The number of carbonyl (C=O) groups is 1. The van der Waals surface area contributed by atoms with Crippen LogP contribution in [-0.4, -0.2) is 30.8 Å². The Bertz CT molecular complexity index is 432. The molecule has 0 bridgehead atoms. The fraction of sp³-hybridized carbons (Fsp3) is 0.562. The average Bonchev–Trinajstić information content (AvgIpc) is 2.43. The Morgan fingerprint density at radius 3 is 2.62 bits per heavy atom. The number of nitrogens with one attached hydrogen (secondary N) is 1. The Labute approximate surface area is 125 Å². The van der Waals surface area contributed by atoms with E-state index >= 15 is 0 Å². The third-order valence-electron chi connectivity index (χ3n) is 3.18. The molecule has 1 aromatic rings. The monoisotopic (exact) mass is 297 g/mol. The number of halogens is 1. The van der Waals surface area contributed by atoms with Crippen molar-refractivity contribution in [2.24, 2.45) is 5.41 Å². The first kappa shape index (κ1) is 17.4. The van der Waals surface area contributed by atoms with Crippen LogP contribution < -0.4 is 10.1 Å². The highest BCUT2D eigenvalue weighted by Gasteiger charge is 2.17. The van der Waals surface area contributed by atoms with Crippen molar-refractivity contribution in [3.63, 3.8) is 0 Å². The number of ether oxygens (including phenoxy) is 1. The third-order valence-corrected chi connectivity index (χ3v) is 3.18. The number of aliphatic hydroxyl groups is 1. The number of aliphatic hydroxyl groups excluding tert-OH is 1. The molecule has 0 aliphatic heterocycles. The second kappa shape index (κ2) is 8.62. The van der Waals surface area contributed by atoms with Crippen molar-refractivity contribution in [3.8, 4) is 5.75 Å². The lowest BCUT2D eigenvalue weighted by molar-refractivity contribution is -0.121. The Morgan fingerprint density at radius 2 is 2.00 bits per heavy atom. The molecule has 0 radical (unpaired) electrons. The summed E-state index contributed by atoms with van der Waals surface area (Å²) in [6, 6.07) is 5.80. The fourth-order valence-electron chi connectivity index (χ4n) is 1.77. The van der Waals surface area contributed by atoms with E-state index in [9.17, 15) is 9.18 Å². The summed E-state index contributed by atoms with van der Waals surface area (Å²) in [4.78, 5) is 11.7. The molecular formula is C16H24FNO3. The number of hydrogen-bond donors (Lipinski definition) is 2. The van der Waals surface area contributed by atoms with Crippen LogP contribution in [0.25, 0.3) is 0 Å². The Kier molecular flexibility index (Phi) is 7.15. The van der Waals surface area contributed by atoms with E-state index in [4.69, 9.17) is 9.84 Å². The predicted molar refractivity (Wildman–Crippen MR) is 79.6 cm³/mol. The van der Waals surface area contributed by atoms with E-state index in [0.29, 0.717) is 38.2 Å². The zero-order chi connectivity index (χ0) is 15.7. The van der Waals surface area contributed by atoms with Crippen LogP contribution in [0.4, 0.5) is 4.39 Å². The van der Waals surface area contributed by atoms with E-state index in [1.54, 1.807) is 12.1 Å². The molecule has 0 unspecified atom stereocenters. The quantitative estimate of drug-likeness (QED) is 0.689. The van der Waals surface area contributed by atoms with E-state index in [1.807, 2.05) is 13.8 Å². The first-order valence-corrected chi connectivity index (χ1v) is 7.19. The van der Waals surface area contributed by atoms with Gasteiger partial charge in [-0.2, -0.15) is 0 Å². The SMILES string of the molecule is CC(C)(CCO)CNC(=O)CCCOc1ccc(F)cc1. The summed E-state index contributed by atoms with van der Waals surface area (Å²) in [5.74, 6) is 0.275. The van der Waals surface area contributed by atoms with Gasteiger partial charge in [0.05, 0.1) is 6.61 Å². The van der Waals surface area contributed by atoms with Gasteiger partial charge in [0.1, 0.15) is 11.6 Å². The van der Waals surface area contributed by atoms with Crippen molar-refractivity contribution in [1.29, 1.82) is 0 Å². The molecule has 118 valence electrons. The van der Waals surface area contributed by atoms with Crippen molar-refractivity contribution < 1.29 is 19.0 Å². The standard InChI is InChI=1S/C16H24FNO3/c1-16(2,9-10-19)12-18-15(20)4-3-11-21-14-7-5-13(17)6-8-14/h5-8,19H,3-4,9-12H2,1-2H3,(H,18,20). The maximum absolute atomic E-state index is 12.7. The van der Waals surface area contributed by atoms with Gasteiger partial charge in [-0.1, -0.05) is 13.8 Å². The molecule has 0 aliphatic rings. The largest absolute Gasteiger partial charge is 0.494 e. The normalized spacial score (nSPS) is 11.2. The van der Waals surface area contributed by atoms with Gasteiger partial charge in [-0.15, -0.1) is 0 Å². The fourth-order valence-corrected chi connectivity index (χ4v) is 1.77. The first-order chi connectivity index (χ1) is 9.93.